The summed E-state index contributed by atoms with van der Waals surface area (Å²) in [5, 5.41) is 8.15. The maximum absolute atomic E-state index is 12.4. The average Bonchev–Trinajstić information content (AvgIpc) is 3.24. The first-order valence-corrected chi connectivity index (χ1v) is 9.99. The molecule has 2 aromatic heterocycles. The second-order valence-electron chi connectivity index (χ2n) is 5.90. The van der Waals surface area contributed by atoms with Crippen LogP contribution < -0.4 is 5.73 Å². The van der Waals surface area contributed by atoms with E-state index in [0.717, 1.165) is 11.1 Å². The first-order chi connectivity index (χ1) is 13.7. The summed E-state index contributed by atoms with van der Waals surface area (Å²) in [5.41, 5.74) is 8.38. The maximum Gasteiger partial charge on any atom is 0.270 e. The van der Waals surface area contributed by atoms with E-state index in [9.17, 15) is 4.21 Å². The van der Waals surface area contributed by atoms with Gasteiger partial charge in [0.15, 0.2) is 11.5 Å². The summed E-state index contributed by atoms with van der Waals surface area (Å²) in [5.74, 6) is 1.24. The fraction of sp³-hybridized carbons (Fsp3) is 0.100. The van der Waals surface area contributed by atoms with Gasteiger partial charge in [-0.2, -0.15) is 0 Å². The highest BCUT2D eigenvalue weighted by Crippen LogP contribution is 2.30. The Hall–Kier alpha value is -3.39. The molecule has 8 heteroatoms. The van der Waals surface area contributed by atoms with Gasteiger partial charge in [0.1, 0.15) is 0 Å². The van der Waals surface area contributed by atoms with Crippen molar-refractivity contribution in [2.24, 2.45) is 0 Å². The lowest BCUT2D eigenvalue weighted by Crippen LogP contribution is -2.02. The molecule has 0 aliphatic heterocycles. The van der Waals surface area contributed by atoms with Gasteiger partial charge in [-0.25, -0.2) is 9.97 Å². The summed E-state index contributed by atoms with van der Waals surface area (Å²) in [6.45, 7) is 1.87. The Balaban J connectivity index is 0.00000160. The van der Waals surface area contributed by atoms with Crippen LogP contribution in [-0.4, -0.2) is 30.1 Å². The van der Waals surface area contributed by atoms with Crippen molar-refractivity contribution < 1.29 is 11.5 Å². The Labute approximate surface area is 167 Å². The molecule has 1 unspecified atom stereocenters. The van der Waals surface area contributed by atoms with Crippen molar-refractivity contribution in [2.75, 3.05) is 11.5 Å². The molecule has 1 atom stereocenters. The molecular formula is C20H21N5O2S. The van der Waals surface area contributed by atoms with Crippen molar-refractivity contribution in [1.29, 1.82) is 0 Å². The number of nitrogens with two attached hydrogens (primary N) is 1. The fourth-order valence-corrected chi connectivity index (χ4v) is 3.69. The molecule has 2 heterocycles. The number of nitrogen functional groups attached to an aromatic ring is 1. The number of aromatic nitrogens is 4. The number of hydrogen-bond acceptors (Lipinski definition) is 7. The van der Waals surface area contributed by atoms with E-state index >= 15 is 0 Å². The number of benzene rings is 2. The monoisotopic (exact) mass is 395 g/mol. The van der Waals surface area contributed by atoms with Gasteiger partial charge in [-0.05, 0) is 18.2 Å². The van der Waals surface area contributed by atoms with E-state index in [1.807, 2.05) is 61.5 Å². The Bertz CT molecular complexity index is 1150. The van der Waals surface area contributed by atoms with Crippen LogP contribution in [0.3, 0.4) is 0 Å². The zero-order valence-corrected chi connectivity index (χ0v) is 15.9. The van der Waals surface area contributed by atoms with Crippen LogP contribution in [0, 0.1) is 0 Å². The zero-order chi connectivity index (χ0) is 19.5. The lowest BCUT2D eigenvalue weighted by Gasteiger charge is -2.09. The molecule has 0 saturated carbocycles. The van der Waals surface area contributed by atoms with Crippen LogP contribution in [0.25, 0.3) is 34.3 Å². The van der Waals surface area contributed by atoms with Crippen molar-refractivity contribution in [3.8, 4) is 34.3 Å². The second-order valence-corrected chi connectivity index (χ2v) is 7.61. The summed E-state index contributed by atoms with van der Waals surface area (Å²) >= 11 is 0. The Morgan fingerprint density at radius 1 is 1.04 bits per heavy atom. The number of hydrogen-bond donors (Lipinski definition) is 1. The van der Waals surface area contributed by atoms with Crippen molar-refractivity contribution in [1.82, 2.24) is 20.2 Å². The molecule has 0 amide bonds. The third kappa shape index (κ3) is 3.41. The molecular weight excluding hydrogens is 374 g/mol. The Kier molecular flexibility index (Phi) is 4.94. The second kappa shape index (κ2) is 7.69. The molecule has 0 radical (unpaired) electrons. The minimum absolute atomic E-state index is 0. The van der Waals surface area contributed by atoms with Crippen LogP contribution in [-0.2, 0) is 10.8 Å². The zero-order valence-electron chi connectivity index (χ0n) is 15.1. The van der Waals surface area contributed by atoms with E-state index in [0.29, 0.717) is 27.9 Å². The van der Waals surface area contributed by atoms with Gasteiger partial charge in [0.25, 0.3) is 5.89 Å². The standard InChI is InChI=1S/C20H17N5O2S.2H2/c1-2-28(26)16-11-7-6-10-14(16)15-12-22-18(21)17(23-15)20-25-24-19(27-20)13-8-4-3-5-9-13;;/h3-12H,2H2,1H3,(H2,21,22);2*1H. The van der Waals surface area contributed by atoms with Gasteiger partial charge in [-0.1, -0.05) is 43.3 Å². The van der Waals surface area contributed by atoms with Crippen molar-refractivity contribution in [3.05, 3.63) is 60.8 Å². The van der Waals surface area contributed by atoms with Gasteiger partial charge in [0.2, 0.25) is 5.89 Å². The van der Waals surface area contributed by atoms with E-state index in [4.69, 9.17) is 10.2 Å². The molecule has 0 saturated heterocycles. The molecule has 7 nitrogen and oxygen atoms in total. The highest BCUT2D eigenvalue weighted by Gasteiger charge is 2.18. The lowest BCUT2D eigenvalue weighted by atomic mass is 10.1. The minimum Gasteiger partial charge on any atom is -0.414 e. The fourth-order valence-electron chi connectivity index (χ4n) is 2.73. The SMILES string of the molecule is CCS(=O)c1ccccc1-c1cnc(N)c(-c2nnc(-c3ccccc3)o2)n1.[HH].[HH]. The average molecular weight is 395 g/mol. The van der Waals surface area contributed by atoms with E-state index < -0.39 is 10.8 Å². The molecule has 0 bridgehead atoms. The third-order valence-electron chi connectivity index (χ3n) is 4.12. The Morgan fingerprint density at radius 2 is 1.75 bits per heavy atom. The van der Waals surface area contributed by atoms with Gasteiger partial charge in [0.05, 0.1) is 22.7 Å². The summed E-state index contributed by atoms with van der Waals surface area (Å²) < 4.78 is 18.1. The highest BCUT2D eigenvalue weighted by atomic mass is 32.2. The van der Waals surface area contributed by atoms with E-state index in [1.54, 1.807) is 6.20 Å². The first-order valence-electron chi connectivity index (χ1n) is 8.67. The van der Waals surface area contributed by atoms with E-state index in [1.165, 1.54) is 0 Å². The number of rotatable bonds is 5. The van der Waals surface area contributed by atoms with Crippen LogP contribution in [0.1, 0.15) is 9.78 Å². The highest BCUT2D eigenvalue weighted by molar-refractivity contribution is 7.85. The topological polar surface area (TPSA) is 108 Å². The number of anilines is 1. The van der Waals surface area contributed by atoms with Gasteiger partial charge < -0.3 is 10.2 Å². The molecule has 0 aliphatic carbocycles. The smallest absolute Gasteiger partial charge is 0.270 e. The van der Waals surface area contributed by atoms with Crippen molar-refractivity contribution in [2.45, 2.75) is 11.8 Å². The summed E-state index contributed by atoms with van der Waals surface area (Å²) in [6, 6.07) is 16.8. The quantitative estimate of drug-likeness (QED) is 0.543. The van der Waals surface area contributed by atoms with Crippen molar-refractivity contribution in [3.63, 3.8) is 0 Å². The molecule has 0 fully saturated rings. The summed E-state index contributed by atoms with van der Waals surface area (Å²) in [6.07, 6.45) is 1.55. The van der Waals surface area contributed by atoms with E-state index in [-0.39, 0.29) is 14.6 Å². The van der Waals surface area contributed by atoms with Crippen LogP contribution in [0.4, 0.5) is 5.82 Å². The molecule has 4 rings (SSSR count). The normalized spacial score (nSPS) is 12.0. The predicted molar refractivity (Wildman–Crippen MR) is 112 cm³/mol. The lowest BCUT2D eigenvalue weighted by molar-refractivity contribution is 0.582. The molecule has 4 aromatic rings. The van der Waals surface area contributed by atoms with Gasteiger partial charge in [-0.3, -0.25) is 4.21 Å². The third-order valence-corrected chi connectivity index (χ3v) is 5.49. The van der Waals surface area contributed by atoms with Gasteiger partial charge in [-0.15, -0.1) is 10.2 Å². The molecule has 0 spiro atoms. The predicted octanol–water partition coefficient (Wildman–Crippen LogP) is 4.06. The molecule has 0 aliphatic rings. The maximum atomic E-state index is 12.4. The van der Waals surface area contributed by atoms with Gasteiger partial charge in [0, 0.05) is 24.6 Å². The summed E-state index contributed by atoms with van der Waals surface area (Å²) in [7, 11) is -1.13. The number of nitrogens with zero attached hydrogens (tertiary/aromatic N) is 4. The molecule has 2 N–H and O–H groups in total. The summed E-state index contributed by atoms with van der Waals surface area (Å²) in [4.78, 5) is 9.51. The van der Waals surface area contributed by atoms with Crippen LogP contribution >= 0.6 is 0 Å². The van der Waals surface area contributed by atoms with Crippen LogP contribution in [0.2, 0.25) is 0 Å². The van der Waals surface area contributed by atoms with Crippen molar-refractivity contribution >= 4 is 16.6 Å². The molecule has 144 valence electrons. The van der Waals surface area contributed by atoms with E-state index in [2.05, 4.69) is 20.2 Å². The van der Waals surface area contributed by atoms with Gasteiger partial charge >= 0.3 is 0 Å². The first kappa shape index (κ1) is 18.0. The van der Waals surface area contributed by atoms with Crippen LogP contribution in [0.15, 0.2) is 70.1 Å². The Morgan fingerprint density at radius 3 is 2.54 bits per heavy atom. The van der Waals surface area contributed by atoms with Crippen LogP contribution in [0.5, 0.6) is 0 Å². The minimum atomic E-state index is -1.13. The molecule has 28 heavy (non-hydrogen) atoms. The molecule has 2 aromatic carbocycles. The largest absolute Gasteiger partial charge is 0.414 e.